The van der Waals surface area contributed by atoms with E-state index in [1.807, 2.05) is 0 Å². The van der Waals surface area contributed by atoms with Crippen LogP contribution in [0.5, 0.6) is 0 Å². The molecular formula is C23H44N6O2. The van der Waals surface area contributed by atoms with Crippen LogP contribution in [0, 0.1) is 5.41 Å². The molecule has 1 aromatic rings. The van der Waals surface area contributed by atoms with Crippen LogP contribution in [0.15, 0.2) is 0 Å². The summed E-state index contributed by atoms with van der Waals surface area (Å²) in [6, 6.07) is 0. The first-order chi connectivity index (χ1) is 14.6. The molecule has 1 saturated heterocycles. The Morgan fingerprint density at radius 1 is 1.13 bits per heavy atom. The summed E-state index contributed by atoms with van der Waals surface area (Å²) in [6.45, 7) is 15.2. The number of fused-ring (bicyclic) bond motifs is 1. The average Bonchev–Trinajstić information content (AvgIpc) is 3.07. The zero-order chi connectivity index (χ0) is 23.4. The molecule has 178 valence electrons. The van der Waals surface area contributed by atoms with Crippen molar-refractivity contribution in [1.29, 1.82) is 0 Å². The van der Waals surface area contributed by atoms with Gasteiger partial charge in [-0.25, -0.2) is 4.98 Å². The summed E-state index contributed by atoms with van der Waals surface area (Å²) < 4.78 is 2.22. The van der Waals surface area contributed by atoms with Gasteiger partial charge in [0.25, 0.3) is 5.91 Å². The van der Waals surface area contributed by atoms with Crippen LogP contribution in [0.1, 0.15) is 81.8 Å². The van der Waals surface area contributed by atoms with Crippen molar-refractivity contribution in [3.05, 3.63) is 17.2 Å². The smallest absolute Gasteiger partial charge is 0.269 e. The third-order valence-corrected chi connectivity index (χ3v) is 5.89. The Hall–Kier alpha value is -1.93. The van der Waals surface area contributed by atoms with E-state index < -0.39 is 5.91 Å². The Morgan fingerprint density at radius 2 is 1.71 bits per heavy atom. The molecule has 1 aromatic heterocycles. The van der Waals surface area contributed by atoms with Crippen molar-refractivity contribution < 1.29 is 9.59 Å². The number of primary amides is 2. The van der Waals surface area contributed by atoms with E-state index in [1.165, 1.54) is 38.8 Å². The Morgan fingerprint density at radius 3 is 2.23 bits per heavy atom. The normalized spacial score (nSPS) is 16.9. The molecule has 2 amide bonds. The molecule has 31 heavy (non-hydrogen) atoms. The van der Waals surface area contributed by atoms with Crippen LogP contribution < -0.4 is 11.5 Å². The molecule has 0 bridgehead atoms. The summed E-state index contributed by atoms with van der Waals surface area (Å²) in [5, 5.41) is 0. The lowest BCUT2D eigenvalue weighted by Gasteiger charge is -2.27. The van der Waals surface area contributed by atoms with Gasteiger partial charge in [-0.1, -0.05) is 40.5 Å². The first-order valence-electron chi connectivity index (χ1n) is 11.6. The van der Waals surface area contributed by atoms with Crippen LogP contribution in [0.4, 0.5) is 0 Å². The molecule has 0 unspecified atom stereocenters. The topological polar surface area (TPSA) is 110 Å². The quantitative estimate of drug-likeness (QED) is 0.689. The summed E-state index contributed by atoms with van der Waals surface area (Å²) in [5.74, 6) is 0.634. The SMILES string of the molecule is CCC(C)(C)C.CN1CCn2c(CCCN3CCCCC3)nc(C(N)=O)c2C1.NC=O. The fourth-order valence-corrected chi connectivity index (χ4v) is 3.60. The molecule has 3 rings (SSSR count). The third kappa shape index (κ3) is 9.82. The van der Waals surface area contributed by atoms with Gasteiger partial charge in [-0.15, -0.1) is 0 Å². The van der Waals surface area contributed by atoms with Crippen molar-refractivity contribution in [3.8, 4) is 0 Å². The van der Waals surface area contributed by atoms with Crippen molar-refractivity contribution in [1.82, 2.24) is 19.4 Å². The summed E-state index contributed by atoms with van der Waals surface area (Å²) in [5.41, 5.74) is 11.7. The highest BCUT2D eigenvalue weighted by Gasteiger charge is 2.24. The first-order valence-corrected chi connectivity index (χ1v) is 11.6. The Bertz CT molecular complexity index is 674. The lowest BCUT2D eigenvalue weighted by atomic mass is 9.94. The molecule has 0 spiro atoms. The second-order valence-electron chi connectivity index (χ2n) is 9.63. The highest BCUT2D eigenvalue weighted by atomic mass is 16.1. The lowest BCUT2D eigenvalue weighted by Crippen LogP contribution is -2.32. The van der Waals surface area contributed by atoms with Crippen LogP contribution in [-0.2, 0) is 24.3 Å². The van der Waals surface area contributed by atoms with Crippen LogP contribution in [-0.4, -0.2) is 64.9 Å². The molecule has 0 atom stereocenters. The number of amides is 2. The molecule has 0 saturated carbocycles. The number of nitrogens with two attached hydrogens (primary N) is 2. The molecule has 0 aromatic carbocycles. The minimum absolute atomic E-state index is 0.250. The van der Waals surface area contributed by atoms with E-state index in [0.29, 0.717) is 11.1 Å². The Balaban J connectivity index is 0.000000455. The number of carbonyl (C=O) groups is 2. The number of likely N-dealkylation sites (tertiary alicyclic amines) is 1. The van der Waals surface area contributed by atoms with Gasteiger partial charge in [0.15, 0.2) is 5.69 Å². The molecule has 3 heterocycles. The number of aromatic nitrogens is 2. The number of carbonyl (C=O) groups excluding carboxylic acids is 2. The van der Waals surface area contributed by atoms with E-state index in [2.05, 4.69) is 59.8 Å². The summed E-state index contributed by atoms with van der Waals surface area (Å²) in [4.78, 5) is 29.5. The minimum atomic E-state index is -0.402. The summed E-state index contributed by atoms with van der Waals surface area (Å²) >= 11 is 0. The predicted octanol–water partition coefficient (Wildman–Crippen LogP) is 2.39. The maximum Gasteiger partial charge on any atom is 0.269 e. The zero-order valence-electron chi connectivity index (χ0n) is 20.3. The van der Waals surface area contributed by atoms with Crippen molar-refractivity contribution in [2.24, 2.45) is 16.9 Å². The van der Waals surface area contributed by atoms with Crippen LogP contribution in [0.2, 0.25) is 0 Å². The number of hydrogen-bond donors (Lipinski definition) is 2. The molecule has 2 aliphatic heterocycles. The largest absolute Gasteiger partial charge is 0.372 e. The average molecular weight is 437 g/mol. The van der Waals surface area contributed by atoms with Crippen molar-refractivity contribution in [3.63, 3.8) is 0 Å². The van der Waals surface area contributed by atoms with Gasteiger partial charge >= 0.3 is 0 Å². The minimum Gasteiger partial charge on any atom is -0.372 e. The van der Waals surface area contributed by atoms with Gasteiger partial charge in [-0.3, -0.25) is 14.5 Å². The van der Waals surface area contributed by atoms with Gasteiger partial charge in [0.2, 0.25) is 6.41 Å². The fraction of sp³-hybridized carbons (Fsp3) is 0.783. The summed E-state index contributed by atoms with van der Waals surface area (Å²) in [6.07, 6.45) is 7.59. The fourth-order valence-electron chi connectivity index (χ4n) is 3.60. The van der Waals surface area contributed by atoms with E-state index >= 15 is 0 Å². The number of nitrogens with zero attached hydrogens (tertiary/aromatic N) is 4. The van der Waals surface area contributed by atoms with Gasteiger partial charge in [0, 0.05) is 26.1 Å². The molecule has 2 aliphatic rings. The number of likely N-dealkylation sites (N-methyl/N-ethyl adjacent to an activating group) is 1. The number of rotatable bonds is 5. The van der Waals surface area contributed by atoms with Crippen LogP contribution in [0.3, 0.4) is 0 Å². The van der Waals surface area contributed by atoms with E-state index in [9.17, 15) is 4.79 Å². The zero-order valence-corrected chi connectivity index (χ0v) is 20.3. The van der Waals surface area contributed by atoms with Gasteiger partial charge < -0.3 is 20.9 Å². The second-order valence-corrected chi connectivity index (χ2v) is 9.63. The van der Waals surface area contributed by atoms with Gasteiger partial charge in [0.1, 0.15) is 5.82 Å². The Labute approximate surface area is 188 Å². The number of aryl methyl sites for hydroxylation is 1. The standard InChI is InChI=1S/C16H27N5O.C6H14.CH3NO/c1-19-10-11-21-13(12-19)15(16(17)22)18-14(21)6-5-9-20-7-3-2-4-8-20;1-5-6(2,3)4;2-1-3/h2-12H2,1H3,(H2,17,22);5H2,1-4H3;1H,(H2,2,3). The van der Waals surface area contributed by atoms with Gasteiger partial charge in [-0.05, 0) is 51.4 Å². The van der Waals surface area contributed by atoms with Crippen molar-refractivity contribution in [2.75, 3.05) is 33.2 Å². The maximum absolute atomic E-state index is 11.6. The van der Waals surface area contributed by atoms with E-state index in [0.717, 1.165) is 50.5 Å². The monoisotopic (exact) mass is 436 g/mol. The molecule has 1 fully saturated rings. The first kappa shape index (κ1) is 27.1. The highest BCUT2D eigenvalue weighted by molar-refractivity contribution is 5.92. The van der Waals surface area contributed by atoms with Crippen LogP contribution in [0.25, 0.3) is 0 Å². The molecule has 8 heteroatoms. The number of piperidine rings is 1. The van der Waals surface area contributed by atoms with Gasteiger partial charge in [-0.2, -0.15) is 0 Å². The highest BCUT2D eigenvalue weighted by Crippen LogP contribution is 2.20. The van der Waals surface area contributed by atoms with E-state index in [4.69, 9.17) is 10.5 Å². The molecule has 8 nitrogen and oxygen atoms in total. The third-order valence-electron chi connectivity index (χ3n) is 5.89. The predicted molar refractivity (Wildman–Crippen MR) is 126 cm³/mol. The van der Waals surface area contributed by atoms with Crippen molar-refractivity contribution in [2.45, 2.75) is 79.3 Å². The maximum atomic E-state index is 11.6. The van der Waals surface area contributed by atoms with Crippen LogP contribution >= 0.6 is 0 Å². The lowest BCUT2D eigenvalue weighted by molar-refractivity contribution is -0.106. The second kappa shape index (κ2) is 13.5. The molecule has 0 radical (unpaired) electrons. The van der Waals surface area contributed by atoms with E-state index in [1.54, 1.807) is 0 Å². The summed E-state index contributed by atoms with van der Waals surface area (Å²) in [7, 11) is 2.07. The molecule has 4 N–H and O–H groups in total. The van der Waals surface area contributed by atoms with Crippen molar-refractivity contribution >= 4 is 12.3 Å². The molecule has 0 aliphatic carbocycles. The Kier molecular flexibility index (Phi) is 11.8. The van der Waals surface area contributed by atoms with Gasteiger partial charge in [0.05, 0.1) is 5.69 Å². The number of imidazole rings is 1. The number of hydrogen-bond acceptors (Lipinski definition) is 5. The molecular weight excluding hydrogens is 392 g/mol. The van der Waals surface area contributed by atoms with E-state index in [-0.39, 0.29) is 6.41 Å².